The minimum atomic E-state index is -0.317. The molecule has 0 saturated carbocycles. The van der Waals surface area contributed by atoms with Crippen molar-refractivity contribution in [3.8, 4) is 0 Å². The number of aryl methyl sites for hydroxylation is 2. The van der Waals surface area contributed by atoms with Crippen molar-refractivity contribution in [1.29, 1.82) is 0 Å². The van der Waals surface area contributed by atoms with Gasteiger partial charge in [0.25, 0.3) is 5.91 Å². The molecule has 3 aromatic rings. The first kappa shape index (κ1) is 18.3. The Labute approximate surface area is 156 Å². The molecule has 0 unspecified atom stereocenters. The predicted octanol–water partition coefficient (Wildman–Crippen LogP) is 3.80. The molecule has 0 aliphatic carbocycles. The number of anilines is 1. The lowest BCUT2D eigenvalue weighted by molar-refractivity contribution is -0.675. The highest BCUT2D eigenvalue weighted by molar-refractivity contribution is 7.10. The normalized spacial score (nSPS) is 12.0. The quantitative estimate of drug-likeness (QED) is 0.682. The lowest BCUT2D eigenvalue weighted by Crippen LogP contribution is -2.87. The van der Waals surface area contributed by atoms with Gasteiger partial charge in [0.05, 0.1) is 4.88 Å². The summed E-state index contributed by atoms with van der Waals surface area (Å²) in [6.07, 6.45) is 0. The maximum atomic E-state index is 13.6. The highest BCUT2D eigenvalue weighted by atomic mass is 32.1. The molecule has 1 heterocycles. The van der Waals surface area contributed by atoms with Crippen LogP contribution in [0.4, 0.5) is 10.1 Å². The minimum absolute atomic E-state index is 0.0658. The van der Waals surface area contributed by atoms with Crippen LogP contribution in [0, 0.1) is 19.7 Å². The summed E-state index contributed by atoms with van der Waals surface area (Å²) in [4.78, 5) is 13.5. The van der Waals surface area contributed by atoms with Crippen LogP contribution in [0.2, 0.25) is 0 Å². The van der Waals surface area contributed by atoms with Crippen LogP contribution in [0.1, 0.15) is 27.6 Å². The zero-order valence-electron chi connectivity index (χ0n) is 14.8. The second kappa shape index (κ2) is 8.25. The molecule has 3 N–H and O–H groups in total. The summed E-state index contributed by atoms with van der Waals surface area (Å²) < 4.78 is 13.6. The number of benzene rings is 2. The van der Waals surface area contributed by atoms with Gasteiger partial charge in [-0.05, 0) is 43.0 Å². The van der Waals surface area contributed by atoms with Gasteiger partial charge in [-0.25, -0.2) is 4.39 Å². The molecule has 0 bridgehead atoms. The Bertz CT molecular complexity index is 876. The highest BCUT2D eigenvalue weighted by Gasteiger charge is 2.20. The van der Waals surface area contributed by atoms with Crippen LogP contribution in [-0.4, -0.2) is 12.5 Å². The van der Waals surface area contributed by atoms with Crippen molar-refractivity contribution in [2.45, 2.75) is 19.9 Å². The van der Waals surface area contributed by atoms with Crippen molar-refractivity contribution in [3.05, 3.63) is 87.4 Å². The first-order valence-corrected chi connectivity index (χ1v) is 9.40. The molecule has 1 atom stereocenters. The Hall–Kier alpha value is -2.50. The molecule has 26 heavy (non-hydrogen) atoms. The number of quaternary nitrogens is 1. The second-order valence-electron chi connectivity index (χ2n) is 6.36. The third-order valence-corrected chi connectivity index (χ3v) is 5.24. The van der Waals surface area contributed by atoms with Crippen molar-refractivity contribution >= 4 is 22.9 Å². The van der Waals surface area contributed by atoms with Gasteiger partial charge < -0.3 is 10.6 Å². The average Bonchev–Trinajstić information content (AvgIpc) is 3.14. The van der Waals surface area contributed by atoms with Crippen LogP contribution >= 0.6 is 11.3 Å². The molecule has 2 aromatic carbocycles. The van der Waals surface area contributed by atoms with Gasteiger partial charge in [-0.15, -0.1) is 11.3 Å². The van der Waals surface area contributed by atoms with Gasteiger partial charge in [-0.2, -0.15) is 0 Å². The Balaban J connectivity index is 1.68. The molecule has 0 aliphatic rings. The van der Waals surface area contributed by atoms with Crippen molar-refractivity contribution in [2.75, 3.05) is 11.9 Å². The van der Waals surface area contributed by atoms with E-state index in [1.54, 1.807) is 30.4 Å². The van der Waals surface area contributed by atoms with Gasteiger partial charge in [0.2, 0.25) is 0 Å². The topological polar surface area (TPSA) is 45.7 Å². The zero-order valence-corrected chi connectivity index (χ0v) is 15.6. The van der Waals surface area contributed by atoms with Crippen LogP contribution in [0.5, 0.6) is 0 Å². The van der Waals surface area contributed by atoms with Crippen molar-refractivity contribution < 1.29 is 14.5 Å². The summed E-state index contributed by atoms with van der Waals surface area (Å²) in [7, 11) is 0. The van der Waals surface area contributed by atoms with Crippen LogP contribution < -0.4 is 10.6 Å². The molecule has 0 aliphatic heterocycles. The summed E-state index contributed by atoms with van der Waals surface area (Å²) in [5.41, 5.74) is 3.41. The number of halogens is 1. The first-order valence-electron chi connectivity index (χ1n) is 8.52. The fourth-order valence-electron chi connectivity index (χ4n) is 2.77. The van der Waals surface area contributed by atoms with Crippen molar-refractivity contribution in [1.82, 2.24) is 0 Å². The summed E-state index contributed by atoms with van der Waals surface area (Å²) in [6.45, 7) is 4.01. The molecule has 0 radical (unpaired) electrons. The number of hydrogen-bond donors (Lipinski definition) is 2. The van der Waals surface area contributed by atoms with Gasteiger partial charge in [0, 0.05) is 11.3 Å². The molecule has 3 rings (SSSR count). The standard InChI is InChI=1S/C21H21FN2OS/c1-14-5-8-16(9-6-14)21(19-4-3-11-26-19)23-13-20(25)24-17-10-7-15(2)18(22)12-17/h3-12,21,23H,13H2,1-2H3,(H,24,25)/p+1/t21-/m1/s1. The fraction of sp³-hybridized carbons (Fsp3) is 0.190. The minimum Gasteiger partial charge on any atom is -0.328 e. The molecular weight excluding hydrogens is 347 g/mol. The van der Waals surface area contributed by atoms with E-state index in [9.17, 15) is 9.18 Å². The third kappa shape index (κ3) is 4.56. The molecule has 1 aromatic heterocycles. The van der Waals surface area contributed by atoms with Gasteiger partial charge in [0.15, 0.2) is 6.54 Å². The largest absolute Gasteiger partial charge is 0.328 e. The van der Waals surface area contributed by atoms with Crippen LogP contribution in [0.3, 0.4) is 0 Å². The average molecular weight is 369 g/mol. The number of amides is 1. The summed E-state index contributed by atoms with van der Waals surface area (Å²) in [5.74, 6) is -0.468. The summed E-state index contributed by atoms with van der Waals surface area (Å²) in [5, 5.41) is 6.82. The summed E-state index contributed by atoms with van der Waals surface area (Å²) >= 11 is 1.68. The van der Waals surface area contributed by atoms with Crippen LogP contribution in [0.25, 0.3) is 0 Å². The van der Waals surface area contributed by atoms with Gasteiger partial charge in [0.1, 0.15) is 11.9 Å². The molecular formula is C21H22FN2OS+. The first-order chi connectivity index (χ1) is 12.5. The van der Waals surface area contributed by atoms with E-state index in [-0.39, 0.29) is 24.3 Å². The molecule has 1 amide bonds. The number of nitrogens with two attached hydrogens (primary N) is 1. The third-order valence-electron chi connectivity index (χ3n) is 4.28. The number of hydrogen-bond acceptors (Lipinski definition) is 2. The van der Waals surface area contributed by atoms with Gasteiger partial charge in [-0.3, -0.25) is 4.79 Å². The van der Waals surface area contributed by atoms with E-state index in [0.717, 1.165) is 5.56 Å². The van der Waals surface area contributed by atoms with Gasteiger partial charge in [-0.1, -0.05) is 42.0 Å². The number of carbonyl (C=O) groups is 1. The maximum Gasteiger partial charge on any atom is 0.279 e. The van der Waals surface area contributed by atoms with E-state index in [1.165, 1.54) is 16.5 Å². The van der Waals surface area contributed by atoms with E-state index in [1.807, 2.05) is 16.8 Å². The molecule has 0 fully saturated rings. The smallest absolute Gasteiger partial charge is 0.279 e. The Morgan fingerprint density at radius 2 is 1.92 bits per heavy atom. The lowest BCUT2D eigenvalue weighted by Gasteiger charge is -2.15. The van der Waals surface area contributed by atoms with E-state index >= 15 is 0 Å². The number of carbonyl (C=O) groups excluding carboxylic acids is 1. The van der Waals surface area contributed by atoms with Gasteiger partial charge >= 0.3 is 0 Å². The van der Waals surface area contributed by atoms with Crippen molar-refractivity contribution in [3.63, 3.8) is 0 Å². The van der Waals surface area contributed by atoms with E-state index in [4.69, 9.17) is 0 Å². The predicted molar refractivity (Wildman–Crippen MR) is 104 cm³/mol. The van der Waals surface area contributed by atoms with E-state index < -0.39 is 0 Å². The Morgan fingerprint density at radius 1 is 1.15 bits per heavy atom. The monoisotopic (exact) mass is 369 g/mol. The highest BCUT2D eigenvalue weighted by Crippen LogP contribution is 2.23. The molecule has 5 heteroatoms. The van der Waals surface area contributed by atoms with Crippen LogP contribution in [0.15, 0.2) is 60.0 Å². The molecule has 134 valence electrons. The lowest BCUT2D eigenvalue weighted by atomic mass is 10.0. The molecule has 3 nitrogen and oxygen atoms in total. The van der Waals surface area contributed by atoms with Crippen molar-refractivity contribution in [2.24, 2.45) is 0 Å². The molecule has 0 spiro atoms. The number of thiophene rings is 1. The van der Waals surface area contributed by atoms with E-state index in [2.05, 4.69) is 42.6 Å². The Kier molecular flexibility index (Phi) is 5.81. The zero-order chi connectivity index (χ0) is 18.5. The SMILES string of the molecule is Cc1ccc([C@@H]([NH2+]CC(=O)Nc2ccc(C)c(F)c2)c2cccs2)cc1. The number of nitrogens with one attached hydrogen (secondary N) is 1. The fourth-order valence-corrected chi connectivity index (χ4v) is 3.62. The van der Waals surface area contributed by atoms with Crippen LogP contribution in [-0.2, 0) is 4.79 Å². The van der Waals surface area contributed by atoms with E-state index in [0.29, 0.717) is 11.3 Å². The summed E-state index contributed by atoms with van der Waals surface area (Å²) in [6, 6.07) is 17.3. The second-order valence-corrected chi connectivity index (χ2v) is 7.34. The molecule has 0 saturated heterocycles. The number of rotatable bonds is 6. The Morgan fingerprint density at radius 3 is 2.58 bits per heavy atom. The maximum absolute atomic E-state index is 13.6.